The first-order valence-corrected chi connectivity index (χ1v) is 4.83. The monoisotopic (exact) mass is 222 g/mol. The maximum atomic E-state index is 11.3. The second-order valence-electron chi connectivity index (χ2n) is 3.46. The number of phenolic OH excluding ortho intramolecular Hbond substituents is 1. The Hall–Kier alpha value is -2.04. The number of phenols is 1. The first-order chi connectivity index (χ1) is 7.49. The fourth-order valence-corrected chi connectivity index (χ4v) is 1.10. The summed E-state index contributed by atoms with van der Waals surface area (Å²) in [6, 6.07) is 4.84. The molecule has 0 aliphatic rings. The highest BCUT2D eigenvalue weighted by molar-refractivity contribution is 5.94. The lowest BCUT2D eigenvalue weighted by Crippen LogP contribution is -2.31. The molecule has 0 aliphatic heterocycles. The second kappa shape index (κ2) is 5.16. The number of nitrogens with one attached hydrogen (secondary N) is 2. The lowest BCUT2D eigenvalue weighted by molar-refractivity contribution is -0.122. The van der Waals surface area contributed by atoms with Crippen molar-refractivity contribution >= 4 is 17.5 Å². The zero-order valence-electron chi connectivity index (χ0n) is 9.20. The number of amides is 2. The van der Waals surface area contributed by atoms with Crippen molar-refractivity contribution in [2.45, 2.75) is 13.8 Å². The highest BCUT2D eigenvalue weighted by Gasteiger charge is 2.04. The van der Waals surface area contributed by atoms with Crippen LogP contribution in [0.2, 0.25) is 0 Å². The quantitative estimate of drug-likeness (QED) is 0.707. The Morgan fingerprint density at radius 2 is 2.06 bits per heavy atom. The van der Waals surface area contributed by atoms with Gasteiger partial charge in [0, 0.05) is 18.7 Å². The minimum atomic E-state index is -0.335. The van der Waals surface area contributed by atoms with Crippen molar-refractivity contribution in [1.29, 1.82) is 0 Å². The lowest BCUT2D eigenvalue weighted by Gasteiger charge is -2.07. The van der Waals surface area contributed by atoms with Crippen LogP contribution >= 0.6 is 0 Å². The van der Waals surface area contributed by atoms with Gasteiger partial charge in [0.15, 0.2) is 0 Å². The van der Waals surface area contributed by atoms with Crippen molar-refractivity contribution < 1.29 is 14.7 Å². The van der Waals surface area contributed by atoms with Crippen LogP contribution in [0.4, 0.5) is 5.69 Å². The minimum absolute atomic E-state index is 0.0794. The normalized spacial score (nSPS) is 9.62. The van der Waals surface area contributed by atoms with Crippen LogP contribution in [-0.2, 0) is 9.59 Å². The molecule has 0 radical (unpaired) electrons. The Morgan fingerprint density at radius 1 is 1.38 bits per heavy atom. The SMILES string of the molecule is CC(=O)NCC(=O)Nc1ccc(C)c(O)c1. The molecule has 3 N–H and O–H groups in total. The Kier molecular flexibility index (Phi) is 3.88. The molecule has 0 fully saturated rings. The average Bonchev–Trinajstić information content (AvgIpc) is 2.21. The fraction of sp³-hybridized carbons (Fsp3) is 0.273. The number of aromatic hydroxyl groups is 1. The van der Waals surface area contributed by atoms with E-state index in [1.54, 1.807) is 19.1 Å². The Balaban J connectivity index is 2.56. The van der Waals surface area contributed by atoms with E-state index in [0.29, 0.717) is 5.69 Å². The van der Waals surface area contributed by atoms with Gasteiger partial charge in [-0.15, -0.1) is 0 Å². The molecule has 0 unspecified atom stereocenters. The summed E-state index contributed by atoms with van der Waals surface area (Å²) < 4.78 is 0. The molecule has 0 bridgehead atoms. The second-order valence-corrected chi connectivity index (χ2v) is 3.46. The van der Waals surface area contributed by atoms with E-state index in [2.05, 4.69) is 10.6 Å². The molecular formula is C11H14N2O3. The summed E-state index contributed by atoms with van der Waals surface area (Å²) in [5.41, 5.74) is 1.23. The van der Waals surface area contributed by atoms with Gasteiger partial charge in [-0.25, -0.2) is 0 Å². The first kappa shape index (κ1) is 12.0. The summed E-state index contributed by atoms with van der Waals surface area (Å²) in [6.45, 7) is 3.02. The van der Waals surface area contributed by atoms with E-state index in [1.807, 2.05) is 0 Å². The predicted octanol–water partition coefficient (Wildman–Crippen LogP) is 0.775. The molecule has 0 saturated carbocycles. The molecule has 1 rings (SSSR count). The topological polar surface area (TPSA) is 78.4 Å². The molecule has 16 heavy (non-hydrogen) atoms. The molecule has 0 aromatic heterocycles. The summed E-state index contributed by atoms with van der Waals surface area (Å²) >= 11 is 0. The van der Waals surface area contributed by atoms with Crippen LogP contribution in [0.15, 0.2) is 18.2 Å². The van der Waals surface area contributed by atoms with Crippen LogP contribution in [0.3, 0.4) is 0 Å². The number of carbonyl (C=O) groups is 2. The first-order valence-electron chi connectivity index (χ1n) is 4.83. The van der Waals surface area contributed by atoms with E-state index in [1.165, 1.54) is 13.0 Å². The van der Waals surface area contributed by atoms with Gasteiger partial charge >= 0.3 is 0 Å². The Morgan fingerprint density at radius 3 is 2.62 bits per heavy atom. The number of benzene rings is 1. The van der Waals surface area contributed by atoms with Crippen molar-refractivity contribution in [2.24, 2.45) is 0 Å². The number of hydrogen-bond donors (Lipinski definition) is 3. The van der Waals surface area contributed by atoms with Gasteiger partial charge in [0.1, 0.15) is 5.75 Å². The minimum Gasteiger partial charge on any atom is -0.508 e. The molecule has 5 heteroatoms. The van der Waals surface area contributed by atoms with Crippen molar-refractivity contribution in [3.05, 3.63) is 23.8 Å². The Bertz CT molecular complexity index is 416. The van der Waals surface area contributed by atoms with Crippen molar-refractivity contribution in [3.8, 4) is 5.75 Å². The van der Waals surface area contributed by atoms with E-state index < -0.39 is 0 Å². The van der Waals surface area contributed by atoms with Gasteiger partial charge in [0.2, 0.25) is 11.8 Å². The smallest absolute Gasteiger partial charge is 0.243 e. The summed E-state index contributed by atoms with van der Waals surface area (Å²) in [4.78, 5) is 21.9. The predicted molar refractivity (Wildman–Crippen MR) is 60.2 cm³/mol. The van der Waals surface area contributed by atoms with Crippen molar-refractivity contribution in [3.63, 3.8) is 0 Å². The number of anilines is 1. The largest absolute Gasteiger partial charge is 0.508 e. The molecule has 0 heterocycles. The number of aryl methyl sites for hydroxylation is 1. The van der Waals surface area contributed by atoms with Gasteiger partial charge in [-0.1, -0.05) is 6.07 Å². The standard InChI is InChI=1S/C11H14N2O3/c1-7-3-4-9(5-10(7)15)13-11(16)6-12-8(2)14/h3-5,15H,6H2,1-2H3,(H,12,14)(H,13,16). The van der Waals surface area contributed by atoms with Crippen molar-refractivity contribution in [2.75, 3.05) is 11.9 Å². The van der Waals surface area contributed by atoms with Gasteiger partial charge in [0.05, 0.1) is 6.54 Å². The molecular weight excluding hydrogens is 208 g/mol. The third kappa shape index (κ3) is 3.61. The summed E-state index contributed by atoms with van der Waals surface area (Å²) in [7, 11) is 0. The molecule has 2 amide bonds. The highest BCUT2D eigenvalue weighted by atomic mass is 16.3. The lowest BCUT2D eigenvalue weighted by atomic mass is 10.2. The van der Waals surface area contributed by atoms with E-state index in [4.69, 9.17) is 0 Å². The third-order valence-electron chi connectivity index (χ3n) is 1.99. The van der Waals surface area contributed by atoms with Gasteiger partial charge in [-0.3, -0.25) is 9.59 Å². The van der Waals surface area contributed by atoms with Crippen molar-refractivity contribution in [1.82, 2.24) is 5.32 Å². The van der Waals surface area contributed by atoms with Gasteiger partial charge in [-0.2, -0.15) is 0 Å². The van der Waals surface area contributed by atoms with Crippen LogP contribution < -0.4 is 10.6 Å². The summed E-state index contributed by atoms with van der Waals surface area (Å²) in [6.07, 6.45) is 0. The van der Waals surface area contributed by atoms with Crippen LogP contribution in [-0.4, -0.2) is 23.5 Å². The molecule has 0 saturated heterocycles. The number of carbonyl (C=O) groups excluding carboxylic acids is 2. The van der Waals surface area contributed by atoms with Gasteiger partial charge in [-0.05, 0) is 18.6 Å². The molecule has 86 valence electrons. The van der Waals surface area contributed by atoms with Crippen LogP contribution in [0.1, 0.15) is 12.5 Å². The van der Waals surface area contributed by atoms with Gasteiger partial charge < -0.3 is 15.7 Å². The maximum absolute atomic E-state index is 11.3. The molecule has 0 atom stereocenters. The average molecular weight is 222 g/mol. The highest BCUT2D eigenvalue weighted by Crippen LogP contribution is 2.20. The molecule has 1 aromatic rings. The van der Waals surface area contributed by atoms with Gasteiger partial charge in [0.25, 0.3) is 0 Å². The summed E-state index contributed by atoms with van der Waals surface area (Å²) in [5, 5.41) is 14.3. The fourth-order valence-electron chi connectivity index (χ4n) is 1.10. The van der Waals surface area contributed by atoms with Crippen LogP contribution in [0, 0.1) is 6.92 Å². The molecule has 1 aromatic carbocycles. The number of hydrogen-bond acceptors (Lipinski definition) is 3. The molecule has 0 spiro atoms. The molecule has 5 nitrogen and oxygen atoms in total. The number of rotatable bonds is 3. The zero-order valence-corrected chi connectivity index (χ0v) is 9.20. The van der Waals surface area contributed by atoms with Crippen LogP contribution in [0.5, 0.6) is 5.75 Å². The van der Waals surface area contributed by atoms with E-state index in [0.717, 1.165) is 5.56 Å². The summed E-state index contributed by atoms with van der Waals surface area (Å²) in [5.74, 6) is -0.474. The third-order valence-corrected chi connectivity index (χ3v) is 1.99. The van der Waals surface area contributed by atoms with E-state index in [9.17, 15) is 14.7 Å². The molecule has 0 aliphatic carbocycles. The zero-order chi connectivity index (χ0) is 12.1. The maximum Gasteiger partial charge on any atom is 0.243 e. The Labute approximate surface area is 93.5 Å². The van der Waals surface area contributed by atoms with E-state index >= 15 is 0 Å². The van der Waals surface area contributed by atoms with E-state index in [-0.39, 0.29) is 24.1 Å². The van der Waals surface area contributed by atoms with Crippen LogP contribution in [0.25, 0.3) is 0 Å².